The van der Waals surface area contributed by atoms with E-state index in [1.54, 1.807) is 6.92 Å². The minimum Gasteiger partial charge on any atom is -0.373 e. The second kappa shape index (κ2) is 6.15. The smallest absolute Gasteiger partial charge is 0.164 e. The second-order valence-electron chi connectivity index (χ2n) is 4.82. The van der Waals surface area contributed by atoms with Crippen molar-refractivity contribution in [1.29, 1.82) is 0 Å². The van der Waals surface area contributed by atoms with Crippen LogP contribution in [-0.4, -0.2) is 16.2 Å². The first-order valence-corrected chi connectivity index (χ1v) is 6.96. The first kappa shape index (κ1) is 14.2. The lowest BCUT2D eigenvalue weighted by molar-refractivity contribution is 0.101. The molecule has 0 saturated carbocycles. The summed E-state index contributed by atoms with van der Waals surface area (Å²) in [5.41, 5.74) is 1.59. The number of carbonyl (C=O) groups excluding carboxylic acids is 1. The van der Waals surface area contributed by atoms with Crippen LogP contribution in [0.4, 0.5) is 5.00 Å². The molecule has 0 aliphatic rings. The molecule has 0 radical (unpaired) electrons. The molecule has 0 aliphatic heterocycles. The number of aryl methyl sites for hydroxylation is 1. The number of Topliss-reactive ketones (excluding diaryl/α,β-unsaturated/α-hetero) is 1. The van der Waals surface area contributed by atoms with Crippen LogP contribution in [0.2, 0.25) is 0 Å². The van der Waals surface area contributed by atoms with Gasteiger partial charge in [-0.2, -0.15) is 4.37 Å². The molecule has 1 aromatic heterocycles. The maximum absolute atomic E-state index is 11.5. The van der Waals surface area contributed by atoms with Gasteiger partial charge in [0.2, 0.25) is 0 Å². The summed E-state index contributed by atoms with van der Waals surface area (Å²) in [6.45, 7) is 10.1. The Hall–Kier alpha value is -0.900. The van der Waals surface area contributed by atoms with Gasteiger partial charge in [-0.3, -0.25) is 4.79 Å². The van der Waals surface area contributed by atoms with Gasteiger partial charge in [0.05, 0.1) is 11.3 Å². The highest BCUT2D eigenvalue weighted by Gasteiger charge is 2.17. The van der Waals surface area contributed by atoms with Crippen molar-refractivity contribution >= 4 is 22.3 Å². The molecule has 1 rings (SSSR count). The molecule has 0 bridgehead atoms. The first-order valence-electron chi connectivity index (χ1n) is 6.19. The Morgan fingerprint density at radius 2 is 2.12 bits per heavy atom. The van der Waals surface area contributed by atoms with Gasteiger partial charge in [0, 0.05) is 6.04 Å². The largest absolute Gasteiger partial charge is 0.373 e. The van der Waals surface area contributed by atoms with Crippen LogP contribution in [0.3, 0.4) is 0 Å². The summed E-state index contributed by atoms with van der Waals surface area (Å²) >= 11 is 1.39. The standard InChI is InChI=1S/C13H22N2OS/c1-6-8(2)7-9(3)14-13-12(11(5)16)10(4)15-17-13/h8-9,14H,6-7H2,1-5H3. The summed E-state index contributed by atoms with van der Waals surface area (Å²) in [5.74, 6) is 0.793. The van der Waals surface area contributed by atoms with Gasteiger partial charge < -0.3 is 5.32 Å². The van der Waals surface area contributed by atoms with E-state index in [1.807, 2.05) is 6.92 Å². The van der Waals surface area contributed by atoms with Gasteiger partial charge in [-0.15, -0.1) is 0 Å². The van der Waals surface area contributed by atoms with Crippen LogP contribution in [0.15, 0.2) is 0 Å². The van der Waals surface area contributed by atoms with Crippen molar-refractivity contribution in [1.82, 2.24) is 4.37 Å². The fourth-order valence-corrected chi connectivity index (χ4v) is 2.89. The van der Waals surface area contributed by atoms with Gasteiger partial charge in [-0.1, -0.05) is 20.3 Å². The molecule has 1 N–H and O–H groups in total. The summed E-state index contributed by atoms with van der Waals surface area (Å²) in [5, 5.41) is 4.34. The third kappa shape index (κ3) is 3.80. The number of ketones is 1. The van der Waals surface area contributed by atoms with Crippen LogP contribution in [0.1, 0.15) is 56.6 Å². The first-order chi connectivity index (χ1) is 7.95. The Morgan fingerprint density at radius 1 is 1.47 bits per heavy atom. The molecule has 96 valence electrons. The fourth-order valence-electron chi connectivity index (χ4n) is 1.94. The van der Waals surface area contributed by atoms with Crippen molar-refractivity contribution in [3.63, 3.8) is 0 Å². The van der Waals surface area contributed by atoms with Crippen LogP contribution in [0, 0.1) is 12.8 Å². The lowest BCUT2D eigenvalue weighted by Crippen LogP contribution is -2.18. The minimum absolute atomic E-state index is 0.0921. The van der Waals surface area contributed by atoms with E-state index < -0.39 is 0 Å². The molecule has 0 fully saturated rings. The van der Waals surface area contributed by atoms with E-state index in [9.17, 15) is 4.79 Å². The van der Waals surface area contributed by atoms with E-state index in [4.69, 9.17) is 0 Å². The quantitative estimate of drug-likeness (QED) is 0.783. The highest BCUT2D eigenvalue weighted by Crippen LogP contribution is 2.26. The van der Waals surface area contributed by atoms with Gasteiger partial charge in [0.25, 0.3) is 0 Å². The van der Waals surface area contributed by atoms with E-state index in [2.05, 4.69) is 30.5 Å². The third-order valence-corrected chi connectivity index (χ3v) is 3.91. The van der Waals surface area contributed by atoms with Gasteiger partial charge in [-0.05, 0) is 44.6 Å². The monoisotopic (exact) mass is 254 g/mol. The van der Waals surface area contributed by atoms with Gasteiger partial charge in [-0.25, -0.2) is 0 Å². The molecular formula is C13H22N2OS. The lowest BCUT2D eigenvalue weighted by Gasteiger charge is -2.17. The molecule has 0 saturated heterocycles. The summed E-state index contributed by atoms with van der Waals surface area (Å²) in [4.78, 5) is 11.5. The topological polar surface area (TPSA) is 42.0 Å². The Balaban J connectivity index is 2.71. The number of hydrogen-bond acceptors (Lipinski definition) is 4. The molecule has 2 unspecified atom stereocenters. The number of aromatic nitrogens is 1. The van der Waals surface area contributed by atoms with Crippen molar-refractivity contribution in [2.75, 3.05) is 5.32 Å². The van der Waals surface area contributed by atoms with E-state index in [0.717, 1.165) is 22.7 Å². The summed E-state index contributed by atoms with van der Waals surface area (Å²) in [6, 6.07) is 0.378. The van der Waals surface area contributed by atoms with Crippen LogP contribution in [0.25, 0.3) is 0 Å². The van der Waals surface area contributed by atoms with Gasteiger partial charge in [0.15, 0.2) is 5.78 Å². The molecule has 4 heteroatoms. The number of carbonyl (C=O) groups is 1. The van der Waals surface area contributed by atoms with Crippen LogP contribution >= 0.6 is 11.5 Å². The Morgan fingerprint density at radius 3 is 2.65 bits per heavy atom. The van der Waals surface area contributed by atoms with Crippen LogP contribution in [0.5, 0.6) is 0 Å². The predicted molar refractivity (Wildman–Crippen MR) is 74.0 cm³/mol. The fraction of sp³-hybridized carbons (Fsp3) is 0.692. The molecule has 0 amide bonds. The predicted octanol–water partition coefficient (Wildman–Crippen LogP) is 3.89. The van der Waals surface area contributed by atoms with E-state index in [1.165, 1.54) is 18.0 Å². The van der Waals surface area contributed by atoms with Crippen LogP contribution < -0.4 is 5.32 Å². The Labute approximate surface area is 108 Å². The van der Waals surface area contributed by atoms with Crippen molar-refractivity contribution in [2.24, 2.45) is 5.92 Å². The Bertz CT molecular complexity index is 387. The van der Waals surface area contributed by atoms with E-state index in [0.29, 0.717) is 12.0 Å². The molecule has 2 atom stereocenters. The average Bonchev–Trinajstić information content (AvgIpc) is 2.59. The third-order valence-electron chi connectivity index (χ3n) is 3.05. The highest BCUT2D eigenvalue weighted by molar-refractivity contribution is 7.10. The number of nitrogens with one attached hydrogen (secondary N) is 1. The molecule has 1 aromatic rings. The number of nitrogens with zero attached hydrogens (tertiary/aromatic N) is 1. The molecular weight excluding hydrogens is 232 g/mol. The van der Waals surface area contributed by atoms with E-state index in [-0.39, 0.29) is 5.78 Å². The van der Waals surface area contributed by atoms with Crippen molar-refractivity contribution in [2.45, 2.75) is 53.5 Å². The Kier molecular flexibility index (Phi) is 5.12. The van der Waals surface area contributed by atoms with Crippen molar-refractivity contribution < 1.29 is 4.79 Å². The molecule has 1 heterocycles. The second-order valence-corrected chi connectivity index (χ2v) is 5.60. The number of anilines is 1. The number of rotatable bonds is 6. The molecule has 0 aliphatic carbocycles. The molecule has 17 heavy (non-hydrogen) atoms. The number of hydrogen-bond donors (Lipinski definition) is 1. The zero-order valence-electron chi connectivity index (χ0n) is 11.3. The van der Waals surface area contributed by atoms with Gasteiger partial charge >= 0.3 is 0 Å². The highest BCUT2D eigenvalue weighted by atomic mass is 32.1. The molecule has 0 spiro atoms. The minimum atomic E-state index is 0.0921. The van der Waals surface area contributed by atoms with Gasteiger partial charge in [0.1, 0.15) is 5.00 Å². The molecule has 3 nitrogen and oxygen atoms in total. The zero-order valence-corrected chi connectivity index (χ0v) is 12.1. The van der Waals surface area contributed by atoms with E-state index >= 15 is 0 Å². The summed E-state index contributed by atoms with van der Waals surface area (Å²) < 4.78 is 4.25. The van der Waals surface area contributed by atoms with Crippen molar-refractivity contribution in [3.05, 3.63) is 11.3 Å². The maximum Gasteiger partial charge on any atom is 0.164 e. The average molecular weight is 254 g/mol. The SMILES string of the molecule is CCC(C)CC(C)Nc1snc(C)c1C(C)=O. The molecule has 0 aromatic carbocycles. The lowest BCUT2D eigenvalue weighted by atomic mass is 10.0. The summed E-state index contributed by atoms with van der Waals surface area (Å²) in [7, 11) is 0. The zero-order chi connectivity index (χ0) is 13.0. The van der Waals surface area contributed by atoms with Crippen molar-refractivity contribution in [3.8, 4) is 0 Å². The summed E-state index contributed by atoms with van der Waals surface area (Å²) in [6.07, 6.45) is 2.30. The normalized spacial score (nSPS) is 14.4. The maximum atomic E-state index is 11.5. The van der Waals surface area contributed by atoms with Crippen LogP contribution in [-0.2, 0) is 0 Å².